The van der Waals surface area contributed by atoms with Gasteiger partial charge in [0.2, 0.25) is 5.91 Å². The largest absolute Gasteiger partial charge is 0.341 e. The van der Waals surface area contributed by atoms with E-state index < -0.39 is 0 Å². The highest BCUT2D eigenvalue weighted by Gasteiger charge is 2.34. The summed E-state index contributed by atoms with van der Waals surface area (Å²) >= 11 is 1.52. The lowest BCUT2D eigenvalue weighted by atomic mass is 10.0. The van der Waals surface area contributed by atoms with Crippen LogP contribution in [0.3, 0.4) is 0 Å². The Morgan fingerprint density at radius 2 is 1.97 bits per heavy atom. The van der Waals surface area contributed by atoms with Crippen molar-refractivity contribution in [3.63, 3.8) is 0 Å². The van der Waals surface area contributed by atoms with Gasteiger partial charge in [0.15, 0.2) is 0 Å². The molecule has 0 spiro atoms. The topological polar surface area (TPSA) is 95.4 Å². The molecule has 0 aromatic carbocycles. The third kappa shape index (κ3) is 4.46. The Balaban J connectivity index is 1.25. The van der Waals surface area contributed by atoms with Crippen LogP contribution in [0, 0.1) is 18.3 Å². The van der Waals surface area contributed by atoms with Gasteiger partial charge in [0.05, 0.1) is 35.6 Å². The van der Waals surface area contributed by atoms with Gasteiger partial charge in [-0.15, -0.1) is 0 Å². The van der Waals surface area contributed by atoms with E-state index in [2.05, 4.69) is 45.8 Å². The molecule has 2 aliphatic rings. The number of piperidine rings is 1. The van der Waals surface area contributed by atoms with Crippen molar-refractivity contribution in [1.29, 1.82) is 5.26 Å². The van der Waals surface area contributed by atoms with Crippen molar-refractivity contribution in [2.24, 2.45) is 0 Å². The SMILES string of the molecule is Cc1c(-c2cc(Sc3ccccn3)c3c(C#N)cnn3c2)cnn1C1CCN(C(=O)[C@H]2CCCN2C)CC1. The van der Waals surface area contributed by atoms with E-state index in [4.69, 9.17) is 5.10 Å². The maximum Gasteiger partial charge on any atom is 0.239 e. The van der Waals surface area contributed by atoms with Gasteiger partial charge in [0, 0.05) is 47.2 Å². The molecule has 10 heteroatoms. The summed E-state index contributed by atoms with van der Waals surface area (Å²) in [5.41, 5.74) is 4.43. The van der Waals surface area contributed by atoms with Crippen LogP contribution in [0.15, 0.2) is 59.0 Å². The van der Waals surface area contributed by atoms with Gasteiger partial charge < -0.3 is 4.90 Å². The molecule has 4 aromatic rings. The van der Waals surface area contributed by atoms with E-state index in [-0.39, 0.29) is 18.0 Å². The summed E-state index contributed by atoms with van der Waals surface area (Å²) in [5, 5.41) is 19.8. The zero-order valence-corrected chi connectivity index (χ0v) is 22.4. The minimum atomic E-state index is 0.0431. The van der Waals surface area contributed by atoms with Crippen LogP contribution in [0.4, 0.5) is 0 Å². The molecular formula is C28H30N8OS. The first kappa shape index (κ1) is 24.6. The Kier molecular flexibility index (Phi) is 6.64. The minimum Gasteiger partial charge on any atom is -0.341 e. The van der Waals surface area contributed by atoms with E-state index in [1.54, 1.807) is 16.9 Å². The van der Waals surface area contributed by atoms with Crippen molar-refractivity contribution >= 4 is 23.2 Å². The summed E-state index contributed by atoms with van der Waals surface area (Å²) in [6.45, 7) is 4.65. The summed E-state index contributed by atoms with van der Waals surface area (Å²) in [7, 11) is 2.05. The minimum absolute atomic E-state index is 0.0431. The van der Waals surface area contributed by atoms with Crippen LogP contribution in [0.5, 0.6) is 0 Å². The smallest absolute Gasteiger partial charge is 0.239 e. The van der Waals surface area contributed by atoms with Gasteiger partial charge >= 0.3 is 0 Å². The fraction of sp³-hybridized carbons (Fsp3) is 0.393. The van der Waals surface area contributed by atoms with Crippen LogP contribution in [0.25, 0.3) is 16.6 Å². The van der Waals surface area contributed by atoms with Crippen LogP contribution in [0.2, 0.25) is 0 Å². The highest BCUT2D eigenvalue weighted by molar-refractivity contribution is 7.99. The molecule has 2 saturated heterocycles. The standard InChI is InChI=1S/C28H30N8OS/c1-19-23(17-32-36(19)22-8-12-34(13-9-22)28(37)24-6-5-11-33(24)2)20-14-25(38-26-7-3-4-10-30-26)27-21(15-29)16-31-35(27)18-20/h3-4,7,10,14,16-18,22,24H,5-6,8-9,11-13H2,1-2H3/t24-/m1/s1. The van der Waals surface area contributed by atoms with Crippen LogP contribution in [-0.4, -0.2) is 72.8 Å². The first-order valence-electron chi connectivity index (χ1n) is 13.1. The first-order chi connectivity index (χ1) is 18.5. The summed E-state index contributed by atoms with van der Waals surface area (Å²) in [4.78, 5) is 22.6. The normalized spacial score (nSPS) is 18.8. The van der Waals surface area contributed by atoms with E-state index in [9.17, 15) is 10.1 Å². The lowest BCUT2D eigenvalue weighted by molar-refractivity contribution is -0.136. The average Bonchev–Trinajstić information content (AvgIpc) is 3.67. The Hall–Kier alpha value is -3.68. The predicted molar refractivity (Wildman–Crippen MR) is 145 cm³/mol. The van der Waals surface area contributed by atoms with Gasteiger partial charge in [-0.05, 0) is 64.4 Å². The number of aromatic nitrogens is 5. The van der Waals surface area contributed by atoms with Gasteiger partial charge in [-0.25, -0.2) is 9.50 Å². The molecule has 0 radical (unpaired) electrons. The number of nitriles is 1. The number of hydrogen-bond acceptors (Lipinski definition) is 7. The zero-order chi connectivity index (χ0) is 26.2. The highest BCUT2D eigenvalue weighted by atomic mass is 32.2. The lowest BCUT2D eigenvalue weighted by Gasteiger charge is -2.35. The summed E-state index contributed by atoms with van der Waals surface area (Å²) in [6, 6.07) is 10.5. The molecule has 194 valence electrons. The fourth-order valence-corrected chi connectivity index (χ4v) is 6.72. The Labute approximate surface area is 226 Å². The molecule has 0 bridgehead atoms. The first-order valence-corrected chi connectivity index (χ1v) is 13.9. The van der Waals surface area contributed by atoms with Gasteiger partial charge in [-0.3, -0.25) is 14.4 Å². The zero-order valence-electron chi connectivity index (χ0n) is 21.6. The Morgan fingerprint density at radius 3 is 2.68 bits per heavy atom. The highest BCUT2D eigenvalue weighted by Crippen LogP contribution is 2.36. The van der Waals surface area contributed by atoms with Crippen LogP contribution in [-0.2, 0) is 4.79 Å². The van der Waals surface area contributed by atoms with Crippen molar-refractivity contribution < 1.29 is 4.79 Å². The molecule has 2 aliphatic heterocycles. The predicted octanol–water partition coefficient (Wildman–Crippen LogP) is 4.18. The molecular weight excluding hydrogens is 496 g/mol. The molecule has 6 heterocycles. The summed E-state index contributed by atoms with van der Waals surface area (Å²) in [6.07, 6.45) is 11.1. The van der Waals surface area contributed by atoms with Crippen LogP contribution in [0.1, 0.15) is 43.0 Å². The molecule has 1 atom stereocenters. The molecule has 4 aromatic heterocycles. The van der Waals surface area contributed by atoms with Gasteiger partial charge in [-0.2, -0.15) is 15.5 Å². The van der Waals surface area contributed by atoms with Gasteiger partial charge in [0.25, 0.3) is 0 Å². The van der Waals surface area contributed by atoms with Crippen molar-refractivity contribution in [3.05, 3.63) is 60.3 Å². The fourth-order valence-electron chi connectivity index (χ4n) is 5.75. The second-order valence-electron chi connectivity index (χ2n) is 10.1. The van der Waals surface area contributed by atoms with E-state index in [1.807, 2.05) is 35.5 Å². The molecule has 6 rings (SSSR count). The summed E-state index contributed by atoms with van der Waals surface area (Å²) < 4.78 is 3.90. The Morgan fingerprint density at radius 1 is 1.13 bits per heavy atom. The van der Waals surface area contributed by atoms with Crippen molar-refractivity contribution in [2.45, 2.75) is 54.6 Å². The molecule has 0 saturated carbocycles. The maximum atomic E-state index is 13.0. The number of likely N-dealkylation sites (N-methyl/N-ethyl adjacent to an activating group) is 1. The second-order valence-corrected chi connectivity index (χ2v) is 11.2. The van der Waals surface area contributed by atoms with E-state index in [0.717, 1.165) is 77.6 Å². The van der Waals surface area contributed by atoms with Crippen molar-refractivity contribution in [3.8, 4) is 17.2 Å². The van der Waals surface area contributed by atoms with E-state index in [1.165, 1.54) is 11.8 Å². The molecule has 1 amide bonds. The third-order valence-corrected chi connectivity index (χ3v) is 8.81. The Bertz CT molecular complexity index is 1510. The molecule has 2 fully saturated rings. The third-order valence-electron chi connectivity index (χ3n) is 7.83. The maximum absolute atomic E-state index is 13.0. The number of carbonyl (C=O) groups is 1. The monoisotopic (exact) mass is 526 g/mol. The molecule has 0 aliphatic carbocycles. The van der Waals surface area contributed by atoms with E-state index in [0.29, 0.717) is 5.56 Å². The van der Waals surface area contributed by atoms with Crippen molar-refractivity contribution in [2.75, 3.05) is 26.7 Å². The number of hydrogen-bond donors (Lipinski definition) is 0. The van der Waals surface area contributed by atoms with Crippen LogP contribution < -0.4 is 0 Å². The van der Waals surface area contributed by atoms with Gasteiger partial charge in [-0.1, -0.05) is 17.8 Å². The summed E-state index contributed by atoms with van der Waals surface area (Å²) in [5.74, 6) is 0.281. The number of carbonyl (C=O) groups excluding carboxylic acids is 1. The van der Waals surface area contributed by atoms with Gasteiger partial charge in [0.1, 0.15) is 11.1 Å². The number of likely N-dealkylation sites (tertiary alicyclic amines) is 2. The number of rotatable bonds is 5. The number of nitrogens with zero attached hydrogens (tertiary/aromatic N) is 8. The second kappa shape index (κ2) is 10.2. The quantitative estimate of drug-likeness (QED) is 0.385. The number of fused-ring (bicyclic) bond motifs is 1. The lowest BCUT2D eigenvalue weighted by Crippen LogP contribution is -2.47. The molecule has 38 heavy (non-hydrogen) atoms. The average molecular weight is 527 g/mol. The number of amides is 1. The van der Waals surface area contributed by atoms with Crippen molar-refractivity contribution in [1.82, 2.24) is 34.2 Å². The van der Waals surface area contributed by atoms with Crippen LogP contribution >= 0.6 is 11.8 Å². The number of pyridine rings is 2. The molecule has 0 N–H and O–H groups in total. The van der Waals surface area contributed by atoms with E-state index >= 15 is 0 Å². The molecule has 9 nitrogen and oxygen atoms in total. The molecule has 0 unspecified atom stereocenters.